The normalized spacial score (nSPS) is 19.5. The van der Waals surface area contributed by atoms with Gasteiger partial charge in [0.2, 0.25) is 0 Å². The molecule has 0 aromatic heterocycles. The molecule has 1 aromatic carbocycles. The van der Waals surface area contributed by atoms with Crippen molar-refractivity contribution in [2.75, 3.05) is 13.1 Å². The summed E-state index contributed by atoms with van der Waals surface area (Å²) in [6.07, 6.45) is 7.87. The lowest BCUT2D eigenvalue weighted by Crippen LogP contribution is -2.40. The lowest BCUT2D eigenvalue weighted by molar-refractivity contribution is 0.266. The molecule has 0 radical (unpaired) electrons. The zero-order valence-corrected chi connectivity index (χ0v) is 12.2. The number of rotatable bonds is 7. The highest BCUT2D eigenvalue weighted by Gasteiger charge is 2.31. The van der Waals surface area contributed by atoms with E-state index >= 15 is 0 Å². The molecular weight excluding hydrogens is 232 g/mol. The zero-order chi connectivity index (χ0) is 13.6. The van der Waals surface area contributed by atoms with Gasteiger partial charge >= 0.3 is 0 Å². The summed E-state index contributed by atoms with van der Waals surface area (Å²) in [5, 5.41) is 3.61. The molecule has 1 aliphatic carbocycles. The van der Waals surface area contributed by atoms with E-state index in [9.17, 15) is 0 Å². The van der Waals surface area contributed by atoms with Gasteiger partial charge in [-0.1, -0.05) is 50.1 Å². The van der Waals surface area contributed by atoms with E-state index in [1.54, 1.807) is 0 Å². The van der Waals surface area contributed by atoms with Gasteiger partial charge < -0.3 is 11.1 Å². The maximum absolute atomic E-state index is 6.21. The number of nitrogens with one attached hydrogen (secondary N) is 1. The molecule has 0 aliphatic heterocycles. The Bertz CT molecular complexity index is 355. The molecule has 0 amide bonds. The van der Waals surface area contributed by atoms with Crippen LogP contribution in [0.5, 0.6) is 0 Å². The van der Waals surface area contributed by atoms with Crippen LogP contribution in [0.3, 0.4) is 0 Å². The summed E-state index contributed by atoms with van der Waals surface area (Å²) in [5.41, 5.74) is 8.11. The fourth-order valence-corrected chi connectivity index (χ4v) is 3.29. The summed E-state index contributed by atoms with van der Waals surface area (Å²) in [6, 6.07) is 10.8. The first-order valence-electron chi connectivity index (χ1n) is 7.74. The van der Waals surface area contributed by atoms with Gasteiger partial charge in [0.15, 0.2) is 0 Å². The molecule has 0 spiro atoms. The Kier molecular flexibility index (Phi) is 5.41. The van der Waals surface area contributed by atoms with Crippen LogP contribution in [0.15, 0.2) is 30.3 Å². The van der Waals surface area contributed by atoms with Crippen LogP contribution < -0.4 is 11.1 Å². The second-order valence-corrected chi connectivity index (χ2v) is 6.14. The fourth-order valence-electron chi connectivity index (χ4n) is 3.29. The van der Waals surface area contributed by atoms with E-state index in [1.165, 1.54) is 37.7 Å². The smallest absolute Gasteiger partial charge is 0.0206 e. The highest BCUT2D eigenvalue weighted by molar-refractivity contribution is 5.15. The molecule has 1 fully saturated rings. The first kappa shape index (κ1) is 14.5. The maximum Gasteiger partial charge on any atom is 0.0206 e. The van der Waals surface area contributed by atoms with Gasteiger partial charge in [-0.2, -0.15) is 0 Å². The van der Waals surface area contributed by atoms with Crippen molar-refractivity contribution in [2.24, 2.45) is 11.1 Å². The summed E-state index contributed by atoms with van der Waals surface area (Å²) in [7, 11) is 0. The number of benzene rings is 1. The van der Waals surface area contributed by atoms with Crippen molar-refractivity contribution in [2.45, 2.75) is 51.5 Å². The molecule has 2 nitrogen and oxygen atoms in total. The van der Waals surface area contributed by atoms with E-state index < -0.39 is 0 Å². The van der Waals surface area contributed by atoms with Gasteiger partial charge in [-0.05, 0) is 36.7 Å². The number of hydrogen-bond acceptors (Lipinski definition) is 2. The third-order valence-corrected chi connectivity index (χ3v) is 4.66. The Morgan fingerprint density at radius 3 is 2.53 bits per heavy atom. The van der Waals surface area contributed by atoms with Gasteiger partial charge in [-0.25, -0.2) is 0 Å². The van der Waals surface area contributed by atoms with Gasteiger partial charge in [-0.15, -0.1) is 0 Å². The molecule has 0 bridgehead atoms. The summed E-state index contributed by atoms with van der Waals surface area (Å²) in [4.78, 5) is 0. The minimum atomic E-state index is 0.220. The Hall–Kier alpha value is -0.860. The lowest BCUT2D eigenvalue weighted by atomic mass is 9.83. The van der Waals surface area contributed by atoms with Crippen LogP contribution in [0.2, 0.25) is 0 Å². The predicted molar refractivity (Wildman–Crippen MR) is 82.2 cm³/mol. The topological polar surface area (TPSA) is 38.0 Å². The minimum Gasteiger partial charge on any atom is -0.326 e. The lowest BCUT2D eigenvalue weighted by Gasteiger charge is -2.28. The standard InChI is InChI=1S/C17H28N2/c1-2-17(10-6-7-11-17)14-19-13-16(18)12-15-8-4-3-5-9-15/h3-5,8-9,16,19H,2,6-7,10-14,18H2,1H3. The first-order chi connectivity index (χ1) is 9.24. The van der Waals surface area contributed by atoms with Gasteiger partial charge in [0.1, 0.15) is 0 Å². The first-order valence-corrected chi connectivity index (χ1v) is 7.74. The fraction of sp³-hybridized carbons (Fsp3) is 0.647. The van der Waals surface area contributed by atoms with Crippen LogP contribution in [-0.4, -0.2) is 19.1 Å². The SMILES string of the molecule is CCC1(CNCC(N)Cc2ccccc2)CCCC1. The third kappa shape index (κ3) is 4.32. The summed E-state index contributed by atoms with van der Waals surface area (Å²) in [5.74, 6) is 0. The highest BCUT2D eigenvalue weighted by Crippen LogP contribution is 2.40. The molecule has 1 saturated carbocycles. The quantitative estimate of drug-likeness (QED) is 0.790. The van der Waals surface area contributed by atoms with Crippen molar-refractivity contribution >= 4 is 0 Å². The molecule has 2 rings (SSSR count). The van der Waals surface area contributed by atoms with Crippen molar-refractivity contribution in [1.82, 2.24) is 5.32 Å². The second-order valence-electron chi connectivity index (χ2n) is 6.14. The van der Waals surface area contributed by atoms with Gasteiger partial charge in [0, 0.05) is 19.1 Å². The molecule has 1 atom stereocenters. The molecule has 106 valence electrons. The average molecular weight is 260 g/mol. The Balaban J connectivity index is 1.70. The number of hydrogen-bond donors (Lipinski definition) is 2. The van der Waals surface area contributed by atoms with Crippen molar-refractivity contribution in [3.8, 4) is 0 Å². The average Bonchev–Trinajstić information content (AvgIpc) is 2.89. The molecule has 0 heterocycles. The van der Waals surface area contributed by atoms with E-state index in [-0.39, 0.29) is 6.04 Å². The Labute approximate surface area is 117 Å². The van der Waals surface area contributed by atoms with Gasteiger partial charge in [-0.3, -0.25) is 0 Å². The van der Waals surface area contributed by atoms with Crippen molar-refractivity contribution < 1.29 is 0 Å². The monoisotopic (exact) mass is 260 g/mol. The largest absolute Gasteiger partial charge is 0.326 e. The number of nitrogens with two attached hydrogens (primary N) is 1. The minimum absolute atomic E-state index is 0.220. The highest BCUT2D eigenvalue weighted by atomic mass is 14.9. The van der Waals surface area contributed by atoms with Crippen molar-refractivity contribution in [3.63, 3.8) is 0 Å². The van der Waals surface area contributed by atoms with E-state index in [2.05, 4.69) is 42.6 Å². The molecule has 3 N–H and O–H groups in total. The third-order valence-electron chi connectivity index (χ3n) is 4.66. The van der Waals surface area contributed by atoms with E-state index in [4.69, 9.17) is 5.73 Å². The van der Waals surface area contributed by atoms with Crippen molar-refractivity contribution in [1.29, 1.82) is 0 Å². The molecule has 2 heteroatoms. The van der Waals surface area contributed by atoms with Crippen LogP contribution in [-0.2, 0) is 6.42 Å². The van der Waals surface area contributed by atoms with Crippen LogP contribution >= 0.6 is 0 Å². The molecule has 1 unspecified atom stereocenters. The predicted octanol–water partition coefficient (Wildman–Crippen LogP) is 3.12. The van der Waals surface area contributed by atoms with Crippen LogP contribution in [0.4, 0.5) is 0 Å². The van der Waals surface area contributed by atoms with Crippen LogP contribution in [0.25, 0.3) is 0 Å². The van der Waals surface area contributed by atoms with Gasteiger partial charge in [0.25, 0.3) is 0 Å². The molecule has 1 aliphatic rings. The van der Waals surface area contributed by atoms with E-state index in [0.717, 1.165) is 19.5 Å². The van der Waals surface area contributed by atoms with Crippen LogP contribution in [0, 0.1) is 5.41 Å². The molecule has 19 heavy (non-hydrogen) atoms. The second kappa shape index (κ2) is 7.06. The summed E-state index contributed by atoms with van der Waals surface area (Å²) >= 11 is 0. The van der Waals surface area contributed by atoms with Crippen molar-refractivity contribution in [3.05, 3.63) is 35.9 Å². The van der Waals surface area contributed by atoms with Gasteiger partial charge in [0.05, 0.1) is 0 Å². The van der Waals surface area contributed by atoms with E-state index in [1.807, 2.05) is 0 Å². The Morgan fingerprint density at radius 2 is 1.89 bits per heavy atom. The Morgan fingerprint density at radius 1 is 1.21 bits per heavy atom. The van der Waals surface area contributed by atoms with E-state index in [0.29, 0.717) is 5.41 Å². The molecular formula is C17H28N2. The molecule has 0 saturated heterocycles. The summed E-state index contributed by atoms with van der Waals surface area (Å²) < 4.78 is 0. The van der Waals surface area contributed by atoms with Crippen LogP contribution in [0.1, 0.15) is 44.6 Å². The summed E-state index contributed by atoms with van der Waals surface area (Å²) in [6.45, 7) is 4.40. The zero-order valence-electron chi connectivity index (χ0n) is 12.2. The molecule has 1 aromatic rings. The maximum atomic E-state index is 6.21.